The molecule has 108 valence electrons. The highest BCUT2D eigenvalue weighted by Crippen LogP contribution is 2.18. The zero-order valence-corrected chi connectivity index (χ0v) is 11.1. The molecule has 0 aliphatic rings. The summed E-state index contributed by atoms with van der Waals surface area (Å²) in [6.07, 6.45) is 0.445. The summed E-state index contributed by atoms with van der Waals surface area (Å²) < 4.78 is 0. The number of carboxylic acids is 1. The summed E-state index contributed by atoms with van der Waals surface area (Å²) in [4.78, 5) is 34.3. The maximum atomic E-state index is 12.1. The predicted octanol–water partition coefficient (Wildman–Crippen LogP) is 1.46. The number of nitro benzene ring substituents is 1. The minimum absolute atomic E-state index is 0.132. The first-order chi connectivity index (χ1) is 9.45. The minimum atomic E-state index is -1.10. The summed E-state index contributed by atoms with van der Waals surface area (Å²) in [6, 6.07) is 5.95. The lowest BCUT2D eigenvalue weighted by Gasteiger charge is -2.19. The predicted molar refractivity (Wildman–Crippen MR) is 71.3 cm³/mol. The molecule has 1 N–H and O–H groups in total. The zero-order valence-electron chi connectivity index (χ0n) is 11.1. The van der Waals surface area contributed by atoms with E-state index in [1.807, 2.05) is 6.92 Å². The van der Waals surface area contributed by atoms with Gasteiger partial charge in [-0.3, -0.25) is 19.7 Å². The first kappa shape index (κ1) is 15.6. The Labute approximate surface area is 116 Å². The van der Waals surface area contributed by atoms with Gasteiger partial charge < -0.3 is 10.0 Å². The minimum Gasteiger partial charge on any atom is -0.480 e. The highest BCUT2D eigenvalue weighted by Gasteiger charge is 2.20. The first-order valence-electron chi connectivity index (χ1n) is 6.17. The molecule has 7 heteroatoms. The van der Waals surface area contributed by atoms with Gasteiger partial charge in [0.2, 0.25) is 5.91 Å². The van der Waals surface area contributed by atoms with Gasteiger partial charge in [-0.05, 0) is 6.42 Å². The molecule has 7 nitrogen and oxygen atoms in total. The van der Waals surface area contributed by atoms with Gasteiger partial charge in [0.25, 0.3) is 5.69 Å². The first-order valence-corrected chi connectivity index (χ1v) is 6.17. The Bertz CT molecular complexity index is 515. The van der Waals surface area contributed by atoms with Crippen LogP contribution in [0.25, 0.3) is 0 Å². The number of aliphatic carboxylic acids is 1. The summed E-state index contributed by atoms with van der Waals surface area (Å²) >= 11 is 0. The number of nitro groups is 1. The highest BCUT2D eigenvalue weighted by atomic mass is 16.6. The van der Waals surface area contributed by atoms with Crippen molar-refractivity contribution in [2.24, 2.45) is 0 Å². The van der Waals surface area contributed by atoms with Crippen LogP contribution < -0.4 is 0 Å². The molecule has 0 fully saturated rings. The number of para-hydroxylation sites is 1. The van der Waals surface area contributed by atoms with E-state index in [0.29, 0.717) is 13.0 Å². The van der Waals surface area contributed by atoms with Gasteiger partial charge in [0.15, 0.2) is 0 Å². The maximum Gasteiger partial charge on any atom is 0.323 e. The summed E-state index contributed by atoms with van der Waals surface area (Å²) in [5.41, 5.74) is 0.154. The molecule has 1 aromatic rings. The molecule has 0 spiro atoms. The smallest absolute Gasteiger partial charge is 0.323 e. The van der Waals surface area contributed by atoms with E-state index in [-0.39, 0.29) is 17.7 Å². The lowest BCUT2D eigenvalue weighted by atomic mass is 10.1. The number of rotatable bonds is 7. The molecule has 20 heavy (non-hydrogen) atoms. The Kier molecular flexibility index (Phi) is 5.64. The van der Waals surface area contributed by atoms with Crippen LogP contribution in [-0.2, 0) is 16.0 Å². The second kappa shape index (κ2) is 7.22. The van der Waals surface area contributed by atoms with E-state index >= 15 is 0 Å². The normalized spacial score (nSPS) is 10.1. The van der Waals surface area contributed by atoms with Crippen molar-refractivity contribution in [1.29, 1.82) is 0 Å². The molecule has 0 aromatic heterocycles. The van der Waals surface area contributed by atoms with Crippen LogP contribution in [0.15, 0.2) is 24.3 Å². The average molecular weight is 280 g/mol. The summed E-state index contributed by atoms with van der Waals surface area (Å²) in [6.45, 7) is 1.74. The molecule has 0 saturated carbocycles. The quantitative estimate of drug-likeness (QED) is 0.602. The van der Waals surface area contributed by atoms with Gasteiger partial charge in [0, 0.05) is 18.2 Å². The number of hydrogen-bond acceptors (Lipinski definition) is 4. The van der Waals surface area contributed by atoms with Crippen molar-refractivity contribution in [3.63, 3.8) is 0 Å². The third-order valence-corrected chi connectivity index (χ3v) is 2.70. The monoisotopic (exact) mass is 280 g/mol. The number of hydrogen-bond donors (Lipinski definition) is 1. The van der Waals surface area contributed by atoms with E-state index in [1.54, 1.807) is 6.07 Å². The number of carbonyl (C=O) groups excluding carboxylic acids is 1. The van der Waals surface area contributed by atoms with E-state index in [2.05, 4.69) is 0 Å². The Hall–Kier alpha value is -2.44. The molecular weight excluding hydrogens is 264 g/mol. The zero-order chi connectivity index (χ0) is 15.1. The van der Waals surface area contributed by atoms with Crippen molar-refractivity contribution in [2.45, 2.75) is 19.8 Å². The molecular formula is C13H16N2O5. The van der Waals surface area contributed by atoms with E-state index in [4.69, 9.17) is 5.11 Å². The maximum absolute atomic E-state index is 12.1. The van der Waals surface area contributed by atoms with Gasteiger partial charge in [-0.1, -0.05) is 25.1 Å². The van der Waals surface area contributed by atoms with Crippen LogP contribution in [0, 0.1) is 10.1 Å². The fourth-order valence-electron chi connectivity index (χ4n) is 1.84. The van der Waals surface area contributed by atoms with Gasteiger partial charge in [0.1, 0.15) is 6.54 Å². The molecule has 1 amide bonds. The van der Waals surface area contributed by atoms with Gasteiger partial charge in [-0.2, -0.15) is 0 Å². The SMILES string of the molecule is CCCN(CC(=O)O)C(=O)Cc1ccccc1[N+](=O)[O-]. The lowest BCUT2D eigenvalue weighted by Crippen LogP contribution is -2.37. The Morgan fingerprint density at radius 1 is 1.35 bits per heavy atom. The number of amides is 1. The molecule has 0 aliphatic heterocycles. The average Bonchev–Trinajstić information content (AvgIpc) is 2.38. The molecule has 0 aliphatic carbocycles. The second-order valence-electron chi connectivity index (χ2n) is 4.27. The highest BCUT2D eigenvalue weighted by molar-refractivity contribution is 5.83. The van der Waals surface area contributed by atoms with Crippen molar-refractivity contribution >= 4 is 17.6 Å². The number of benzene rings is 1. The van der Waals surface area contributed by atoms with Crippen molar-refractivity contribution in [1.82, 2.24) is 4.90 Å². The number of carboxylic acid groups (broad SMARTS) is 1. The van der Waals surface area contributed by atoms with Gasteiger partial charge in [-0.15, -0.1) is 0 Å². The Balaban J connectivity index is 2.87. The topological polar surface area (TPSA) is 101 Å². The second-order valence-corrected chi connectivity index (χ2v) is 4.27. The summed E-state index contributed by atoms with van der Waals surface area (Å²) in [5, 5.41) is 19.6. The molecule has 1 aromatic carbocycles. The molecule has 0 heterocycles. The molecule has 0 unspecified atom stereocenters. The molecule has 0 atom stereocenters. The molecule has 1 rings (SSSR count). The lowest BCUT2D eigenvalue weighted by molar-refractivity contribution is -0.385. The largest absolute Gasteiger partial charge is 0.480 e. The van der Waals surface area contributed by atoms with E-state index in [9.17, 15) is 19.7 Å². The van der Waals surface area contributed by atoms with Crippen molar-refractivity contribution in [2.75, 3.05) is 13.1 Å². The van der Waals surface area contributed by atoms with Crippen LogP contribution in [0.4, 0.5) is 5.69 Å². The number of carbonyl (C=O) groups is 2. The van der Waals surface area contributed by atoms with Crippen molar-refractivity contribution < 1.29 is 19.6 Å². The van der Waals surface area contributed by atoms with Crippen LogP contribution in [0.2, 0.25) is 0 Å². The molecule has 0 saturated heterocycles. The van der Waals surface area contributed by atoms with Crippen molar-refractivity contribution in [3.8, 4) is 0 Å². The van der Waals surface area contributed by atoms with Gasteiger partial charge >= 0.3 is 5.97 Å². The van der Waals surface area contributed by atoms with E-state index < -0.39 is 23.3 Å². The van der Waals surface area contributed by atoms with Gasteiger partial charge in [0.05, 0.1) is 11.3 Å². The van der Waals surface area contributed by atoms with Crippen LogP contribution in [0.1, 0.15) is 18.9 Å². The fraction of sp³-hybridized carbons (Fsp3) is 0.385. The van der Waals surface area contributed by atoms with Crippen molar-refractivity contribution in [3.05, 3.63) is 39.9 Å². The Morgan fingerprint density at radius 3 is 2.55 bits per heavy atom. The van der Waals surface area contributed by atoms with Crippen LogP contribution in [-0.4, -0.2) is 39.9 Å². The molecule has 0 bridgehead atoms. The Morgan fingerprint density at radius 2 is 2.00 bits per heavy atom. The number of nitrogens with zero attached hydrogens (tertiary/aromatic N) is 2. The van der Waals surface area contributed by atoms with Crippen LogP contribution in [0.5, 0.6) is 0 Å². The van der Waals surface area contributed by atoms with Crippen LogP contribution in [0.3, 0.4) is 0 Å². The molecule has 0 radical (unpaired) electrons. The van der Waals surface area contributed by atoms with Gasteiger partial charge in [-0.25, -0.2) is 0 Å². The van der Waals surface area contributed by atoms with Crippen LogP contribution >= 0.6 is 0 Å². The third-order valence-electron chi connectivity index (χ3n) is 2.70. The van der Waals surface area contributed by atoms with E-state index in [0.717, 1.165) is 0 Å². The standard InChI is InChI=1S/C13H16N2O5/c1-2-7-14(9-13(17)18)12(16)8-10-5-3-4-6-11(10)15(19)20/h3-6H,2,7-9H2,1H3,(H,17,18). The third kappa shape index (κ3) is 4.34. The van der Waals surface area contributed by atoms with E-state index in [1.165, 1.54) is 23.1 Å². The summed E-state index contributed by atoms with van der Waals surface area (Å²) in [7, 11) is 0. The fourth-order valence-corrected chi connectivity index (χ4v) is 1.84. The summed E-state index contributed by atoms with van der Waals surface area (Å²) in [5.74, 6) is -1.53.